The summed E-state index contributed by atoms with van der Waals surface area (Å²) in [6.07, 6.45) is 0. The van der Waals surface area contributed by atoms with Crippen LogP contribution in [-0.2, 0) is 4.74 Å². The Hall–Kier alpha value is 0.420. The Morgan fingerprint density at radius 3 is 1.40 bits per heavy atom. The van der Waals surface area contributed by atoms with E-state index in [9.17, 15) is 0 Å². The zero-order chi connectivity index (χ0) is 4.24. The van der Waals surface area contributed by atoms with Crippen molar-refractivity contribution >= 4 is 24.8 Å². The van der Waals surface area contributed by atoms with E-state index in [1.807, 2.05) is 0 Å². The van der Waals surface area contributed by atoms with Crippen molar-refractivity contribution in [2.75, 3.05) is 26.3 Å². The highest BCUT2D eigenvalue weighted by Crippen LogP contribution is 1.76. The molecule has 6 heteroatoms. The minimum absolute atomic E-state index is 0. The molecule has 0 atom stereocenters. The van der Waals surface area contributed by atoms with E-state index < -0.39 is 0 Å². The van der Waals surface area contributed by atoms with Crippen LogP contribution in [0.3, 0.4) is 0 Å². The Kier molecular flexibility index (Phi) is 36.4. The molecule has 1 rings (SSSR count). The summed E-state index contributed by atoms with van der Waals surface area (Å²) in [6.45, 7) is 3.83. The van der Waals surface area contributed by atoms with Crippen molar-refractivity contribution in [3.63, 3.8) is 0 Å². The number of ether oxygens (including phenoxy) is 1. The van der Waals surface area contributed by atoms with Crippen LogP contribution in [-0.4, -0.2) is 37.3 Å². The lowest BCUT2D eigenvalue weighted by atomic mass is 10.5. The number of hydrogen-bond acceptors (Lipinski definition) is 2. The van der Waals surface area contributed by atoms with Gasteiger partial charge >= 0.3 is 0 Å². The fourth-order valence-electron chi connectivity index (χ4n) is 0.516. The summed E-state index contributed by atoms with van der Waals surface area (Å²) >= 11 is 0. The van der Waals surface area contributed by atoms with Gasteiger partial charge < -0.3 is 21.0 Å². The Labute approximate surface area is 72.8 Å². The molecule has 0 saturated carbocycles. The largest absolute Gasteiger partial charge is 0.412 e. The lowest BCUT2D eigenvalue weighted by Crippen LogP contribution is -2.30. The molecule has 10 heavy (non-hydrogen) atoms. The topological polar surface area (TPSA) is 84.3 Å². The van der Waals surface area contributed by atoms with E-state index in [0.29, 0.717) is 0 Å². The molecule has 0 aromatic rings. The summed E-state index contributed by atoms with van der Waals surface area (Å²) in [7, 11) is 0. The van der Waals surface area contributed by atoms with E-state index in [-0.39, 0.29) is 35.8 Å². The van der Waals surface area contributed by atoms with Gasteiger partial charge in [-0.2, -0.15) is 0 Å². The molecule has 0 bridgehead atoms. The average Bonchev–Trinajstić information content (AvgIpc) is 1.72. The summed E-state index contributed by atoms with van der Waals surface area (Å²) in [5.74, 6) is 0. The SMILES string of the molecule is C1COCCN1.Cl.Cl.O.O. The van der Waals surface area contributed by atoms with Crippen LogP contribution < -0.4 is 5.32 Å². The first-order chi connectivity index (χ1) is 3.00. The van der Waals surface area contributed by atoms with Gasteiger partial charge in [-0.25, -0.2) is 0 Å². The monoisotopic (exact) mass is 195 g/mol. The van der Waals surface area contributed by atoms with Gasteiger partial charge in [-0.1, -0.05) is 0 Å². The average molecular weight is 196 g/mol. The highest BCUT2D eigenvalue weighted by Gasteiger charge is 1.92. The standard InChI is InChI=1S/C4H9NO.2ClH.2H2O/c1-3-6-4-2-5-1;;;;/h5H,1-4H2;2*1H;2*1H2. The molecule has 1 aliphatic rings. The molecule has 0 spiro atoms. The number of halogens is 2. The third-order valence-electron chi connectivity index (χ3n) is 0.846. The molecule has 0 aromatic carbocycles. The van der Waals surface area contributed by atoms with Gasteiger partial charge in [-0.15, -0.1) is 24.8 Å². The molecule has 5 N–H and O–H groups in total. The molecule has 1 saturated heterocycles. The third-order valence-corrected chi connectivity index (χ3v) is 0.846. The van der Waals surface area contributed by atoms with E-state index in [1.54, 1.807) is 0 Å². The number of hydrogen-bond donors (Lipinski definition) is 1. The van der Waals surface area contributed by atoms with Crippen molar-refractivity contribution in [3.8, 4) is 0 Å². The maximum absolute atomic E-state index is 5.01. The predicted molar refractivity (Wildman–Crippen MR) is 45.4 cm³/mol. The Morgan fingerprint density at radius 1 is 0.900 bits per heavy atom. The van der Waals surface area contributed by atoms with E-state index >= 15 is 0 Å². The van der Waals surface area contributed by atoms with Gasteiger partial charge in [0, 0.05) is 13.1 Å². The number of nitrogens with one attached hydrogen (secondary N) is 1. The van der Waals surface area contributed by atoms with Crippen LogP contribution in [0.5, 0.6) is 0 Å². The molecular formula is C4H15Cl2NO3. The highest BCUT2D eigenvalue weighted by molar-refractivity contribution is 5.85. The maximum atomic E-state index is 5.01. The molecule has 1 heterocycles. The normalized spacial score (nSPS) is 14.4. The van der Waals surface area contributed by atoms with E-state index in [4.69, 9.17) is 4.74 Å². The van der Waals surface area contributed by atoms with Crippen LogP contribution >= 0.6 is 24.8 Å². The van der Waals surface area contributed by atoms with Gasteiger partial charge in [-0.05, 0) is 0 Å². The molecule has 4 nitrogen and oxygen atoms in total. The van der Waals surface area contributed by atoms with Gasteiger partial charge in [0.15, 0.2) is 0 Å². The fourth-order valence-corrected chi connectivity index (χ4v) is 0.516. The molecule has 0 unspecified atom stereocenters. The molecule has 0 aliphatic carbocycles. The molecule has 68 valence electrons. The third kappa shape index (κ3) is 11.2. The van der Waals surface area contributed by atoms with Crippen molar-refractivity contribution in [1.29, 1.82) is 0 Å². The zero-order valence-corrected chi connectivity index (χ0v) is 7.19. The first-order valence-electron chi connectivity index (χ1n) is 2.28. The van der Waals surface area contributed by atoms with Crippen LogP contribution in [0.4, 0.5) is 0 Å². The van der Waals surface area contributed by atoms with Gasteiger partial charge in [0.2, 0.25) is 0 Å². The van der Waals surface area contributed by atoms with Gasteiger partial charge in [0.25, 0.3) is 0 Å². The van der Waals surface area contributed by atoms with Crippen molar-refractivity contribution in [3.05, 3.63) is 0 Å². The predicted octanol–water partition coefficient (Wildman–Crippen LogP) is -1.20. The molecule has 1 aliphatic heterocycles. The van der Waals surface area contributed by atoms with Crippen LogP contribution in [0.15, 0.2) is 0 Å². The van der Waals surface area contributed by atoms with Crippen molar-refractivity contribution in [2.45, 2.75) is 0 Å². The second kappa shape index (κ2) is 16.2. The summed E-state index contributed by atoms with van der Waals surface area (Å²) in [5.41, 5.74) is 0. The molecule has 0 aromatic heterocycles. The summed E-state index contributed by atoms with van der Waals surface area (Å²) in [6, 6.07) is 0. The Balaban J connectivity index is -0.0000000450. The van der Waals surface area contributed by atoms with E-state index in [2.05, 4.69) is 5.32 Å². The van der Waals surface area contributed by atoms with Gasteiger partial charge in [0.1, 0.15) is 0 Å². The first-order valence-corrected chi connectivity index (χ1v) is 2.28. The number of morpholine rings is 1. The van der Waals surface area contributed by atoms with Gasteiger partial charge in [-0.3, -0.25) is 0 Å². The fraction of sp³-hybridized carbons (Fsp3) is 1.00. The van der Waals surface area contributed by atoms with Gasteiger partial charge in [0.05, 0.1) is 13.2 Å². The number of rotatable bonds is 0. The van der Waals surface area contributed by atoms with Crippen molar-refractivity contribution < 1.29 is 15.7 Å². The summed E-state index contributed by atoms with van der Waals surface area (Å²) in [5, 5.41) is 3.16. The molecule has 1 fully saturated rings. The minimum Gasteiger partial charge on any atom is -0.412 e. The highest BCUT2D eigenvalue weighted by atomic mass is 35.5. The lowest BCUT2D eigenvalue weighted by molar-refractivity contribution is 0.109. The molecule has 0 amide bonds. The van der Waals surface area contributed by atoms with Crippen molar-refractivity contribution in [1.82, 2.24) is 5.32 Å². The Bertz CT molecular complexity index is 34.0. The van der Waals surface area contributed by atoms with E-state index in [0.717, 1.165) is 26.3 Å². The quantitative estimate of drug-likeness (QED) is 0.527. The van der Waals surface area contributed by atoms with E-state index in [1.165, 1.54) is 0 Å². The summed E-state index contributed by atoms with van der Waals surface area (Å²) < 4.78 is 5.01. The minimum atomic E-state index is 0. The Morgan fingerprint density at radius 2 is 1.30 bits per heavy atom. The zero-order valence-electron chi connectivity index (χ0n) is 5.55. The lowest BCUT2D eigenvalue weighted by Gasteiger charge is -2.10. The van der Waals surface area contributed by atoms with Crippen molar-refractivity contribution in [2.24, 2.45) is 0 Å². The second-order valence-electron chi connectivity index (χ2n) is 1.36. The summed E-state index contributed by atoms with van der Waals surface area (Å²) in [4.78, 5) is 0. The first kappa shape index (κ1) is 22.4. The van der Waals surface area contributed by atoms with Crippen LogP contribution in [0.25, 0.3) is 0 Å². The smallest absolute Gasteiger partial charge is 0.0591 e. The molecular weight excluding hydrogens is 181 g/mol. The van der Waals surface area contributed by atoms with Crippen LogP contribution in [0, 0.1) is 0 Å². The molecule has 0 radical (unpaired) electrons. The van der Waals surface area contributed by atoms with Crippen LogP contribution in [0.2, 0.25) is 0 Å². The second-order valence-corrected chi connectivity index (χ2v) is 1.36. The van der Waals surface area contributed by atoms with Crippen LogP contribution in [0.1, 0.15) is 0 Å². The maximum Gasteiger partial charge on any atom is 0.0591 e.